The maximum Gasteiger partial charge on any atom is 0.442 e. The van der Waals surface area contributed by atoms with Gasteiger partial charge in [-0.05, 0) is 88.2 Å². The molecular formula is C27H26F4O3S2. The van der Waals surface area contributed by atoms with Crippen molar-refractivity contribution < 1.29 is 30.2 Å². The molecule has 3 aromatic rings. The zero-order valence-electron chi connectivity index (χ0n) is 19.2. The van der Waals surface area contributed by atoms with Crippen LogP contribution in [-0.4, -0.2) is 19.6 Å². The molecule has 192 valence electrons. The van der Waals surface area contributed by atoms with Gasteiger partial charge in [0.05, 0.1) is 0 Å². The van der Waals surface area contributed by atoms with Gasteiger partial charge in [-0.15, -0.1) is 0 Å². The second-order valence-electron chi connectivity index (χ2n) is 9.46. The molecule has 2 aliphatic rings. The molecule has 2 aliphatic carbocycles. The van der Waals surface area contributed by atoms with Gasteiger partial charge in [0.2, 0.25) is 0 Å². The molecular weight excluding hydrogens is 512 g/mol. The van der Waals surface area contributed by atoms with Crippen molar-refractivity contribution in [2.75, 3.05) is 0 Å². The van der Waals surface area contributed by atoms with E-state index in [1.807, 2.05) is 60.7 Å². The highest BCUT2D eigenvalue weighted by atomic mass is 32.2. The SMILES string of the molecule is O=S(=O)(Oc1cccc([SH](c2ccccc2)c2ccccc2)c1)C(F)(F)C(F)(F)C1CC2CCC1C2. The average molecular weight is 539 g/mol. The van der Waals surface area contributed by atoms with Crippen LogP contribution in [0.25, 0.3) is 0 Å². The van der Waals surface area contributed by atoms with Crippen LogP contribution in [0.15, 0.2) is 99.6 Å². The quantitative estimate of drug-likeness (QED) is 0.183. The van der Waals surface area contributed by atoms with E-state index in [0.717, 1.165) is 16.2 Å². The lowest BCUT2D eigenvalue weighted by molar-refractivity contribution is -0.202. The Labute approximate surface area is 211 Å². The van der Waals surface area contributed by atoms with E-state index in [9.17, 15) is 17.2 Å². The van der Waals surface area contributed by atoms with Gasteiger partial charge < -0.3 is 4.18 Å². The summed E-state index contributed by atoms with van der Waals surface area (Å²) in [6.45, 7) is 0. The van der Waals surface area contributed by atoms with E-state index in [1.54, 1.807) is 6.07 Å². The topological polar surface area (TPSA) is 43.4 Å². The van der Waals surface area contributed by atoms with E-state index in [2.05, 4.69) is 0 Å². The van der Waals surface area contributed by atoms with Crippen molar-refractivity contribution in [3.05, 3.63) is 84.9 Å². The predicted octanol–water partition coefficient (Wildman–Crippen LogP) is 7.54. The Hall–Kier alpha value is -2.52. The van der Waals surface area contributed by atoms with Crippen molar-refractivity contribution in [2.45, 2.75) is 51.5 Å². The number of hydrogen-bond acceptors (Lipinski definition) is 3. The minimum Gasteiger partial charge on any atom is -0.378 e. The first-order valence-electron chi connectivity index (χ1n) is 11.8. The highest BCUT2D eigenvalue weighted by Crippen LogP contribution is 2.58. The van der Waals surface area contributed by atoms with Crippen LogP contribution in [-0.2, 0) is 10.1 Å². The van der Waals surface area contributed by atoms with Crippen LogP contribution < -0.4 is 4.18 Å². The standard InChI is InChI=1S/C27H26F4O3S2/c28-26(29,25-17-19-14-15-20(25)16-19)27(30,31)36(32,33)34-21-8-7-13-24(18-21)35(22-9-3-1-4-10-22)23-11-5-2-6-12-23/h1-13,18-20,25,35H,14-17H2. The normalized spacial score (nSPS) is 22.4. The molecule has 0 aromatic heterocycles. The molecule has 0 spiro atoms. The van der Waals surface area contributed by atoms with Gasteiger partial charge in [0.1, 0.15) is 5.75 Å². The Morgan fingerprint density at radius 1 is 0.750 bits per heavy atom. The Balaban J connectivity index is 1.45. The van der Waals surface area contributed by atoms with Gasteiger partial charge >= 0.3 is 21.3 Å². The average Bonchev–Trinajstić information content (AvgIpc) is 3.50. The zero-order valence-corrected chi connectivity index (χ0v) is 20.9. The molecule has 3 atom stereocenters. The maximum absolute atomic E-state index is 15.0. The molecule has 3 nitrogen and oxygen atoms in total. The second kappa shape index (κ2) is 9.41. The summed E-state index contributed by atoms with van der Waals surface area (Å²) in [5, 5.41) is -5.35. The third-order valence-corrected chi connectivity index (χ3v) is 11.0. The van der Waals surface area contributed by atoms with E-state index in [-0.39, 0.29) is 12.3 Å². The number of hydrogen-bond donors (Lipinski definition) is 1. The first-order chi connectivity index (χ1) is 17.1. The zero-order chi connectivity index (χ0) is 25.6. The van der Waals surface area contributed by atoms with Crippen LogP contribution in [0.5, 0.6) is 5.75 Å². The van der Waals surface area contributed by atoms with Gasteiger partial charge in [0, 0.05) is 5.92 Å². The first-order valence-corrected chi connectivity index (χ1v) is 14.5. The highest BCUT2D eigenvalue weighted by Gasteiger charge is 2.72. The Morgan fingerprint density at radius 3 is 1.86 bits per heavy atom. The number of fused-ring (bicyclic) bond motifs is 2. The van der Waals surface area contributed by atoms with Gasteiger partial charge in [0.25, 0.3) is 0 Å². The first kappa shape index (κ1) is 25.1. The van der Waals surface area contributed by atoms with E-state index >= 15 is 8.78 Å². The molecule has 3 unspecified atom stereocenters. The molecule has 5 rings (SSSR count). The van der Waals surface area contributed by atoms with Crippen LogP contribution in [0, 0.1) is 17.8 Å². The van der Waals surface area contributed by atoms with Crippen molar-refractivity contribution in [1.82, 2.24) is 0 Å². The molecule has 0 aliphatic heterocycles. The lowest BCUT2D eigenvalue weighted by Gasteiger charge is -2.34. The number of rotatable bonds is 8. The number of halogens is 4. The smallest absolute Gasteiger partial charge is 0.378 e. The lowest BCUT2D eigenvalue weighted by atomic mass is 9.84. The summed E-state index contributed by atoms with van der Waals surface area (Å²) < 4.78 is 89.9. The Morgan fingerprint density at radius 2 is 1.33 bits per heavy atom. The van der Waals surface area contributed by atoms with Crippen molar-refractivity contribution >= 4 is 21.0 Å². The molecule has 0 radical (unpaired) electrons. The highest BCUT2D eigenvalue weighted by molar-refractivity contribution is 8.17. The summed E-state index contributed by atoms with van der Waals surface area (Å²) in [5.41, 5.74) is 0. The van der Waals surface area contributed by atoms with Gasteiger partial charge in [-0.3, -0.25) is 0 Å². The number of alkyl halides is 4. The fourth-order valence-corrected chi connectivity index (χ4v) is 8.80. The lowest BCUT2D eigenvalue weighted by Crippen LogP contribution is -2.54. The van der Waals surface area contributed by atoms with Crippen LogP contribution in [0.4, 0.5) is 17.6 Å². The van der Waals surface area contributed by atoms with Crippen molar-refractivity contribution in [3.8, 4) is 5.75 Å². The molecule has 2 fully saturated rings. The van der Waals surface area contributed by atoms with Crippen LogP contribution >= 0.6 is 10.9 Å². The molecule has 0 N–H and O–H groups in total. The summed E-state index contributed by atoms with van der Waals surface area (Å²) >= 11 is 0. The van der Waals surface area contributed by atoms with Crippen molar-refractivity contribution in [1.29, 1.82) is 0 Å². The Kier molecular flexibility index (Phi) is 6.57. The van der Waals surface area contributed by atoms with E-state index < -0.39 is 49.8 Å². The van der Waals surface area contributed by atoms with E-state index in [4.69, 9.17) is 4.18 Å². The molecule has 0 amide bonds. The van der Waals surface area contributed by atoms with Crippen LogP contribution in [0.1, 0.15) is 25.7 Å². The summed E-state index contributed by atoms with van der Waals surface area (Å²) in [6, 6.07) is 24.7. The monoisotopic (exact) mass is 538 g/mol. The minimum absolute atomic E-state index is 0.0443. The van der Waals surface area contributed by atoms with Gasteiger partial charge in [0.15, 0.2) is 0 Å². The third kappa shape index (κ3) is 4.41. The largest absolute Gasteiger partial charge is 0.442 e. The molecule has 9 heteroatoms. The minimum atomic E-state index is -5.97. The van der Waals surface area contributed by atoms with Crippen molar-refractivity contribution in [2.24, 2.45) is 17.8 Å². The fourth-order valence-electron chi connectivity index (χ4n) is 5.53. The summed E-state index contributed by atoms with van der Waals surface area (Å²) in [7, 11) is -7.15. The molecule has 2 saturated carbocycles. The summed E-state index contributed by atoms with van der Waals surface area (Å²) in [6.07, 6.45) is 1.51. The molecule has 0 heterocycles. The van der Waals surface area contributed by atoms with Crippen molar-refractivity contribution in [3.63, 3.8) is 0 Å². The number of thiol groups is 1. The molecule has 3 aromatic carbocycles. The second-order valence-corrected chi connectivity index (χ2v) is 13.3. The fraction of sp³-hybridized carbons (Fsp3) is 0.333. The van der Waals surface area contributed by atoms with Gasteiger partial charge in [-0.1, -0.05) is 48.9 Å². The predicted molar refractivity (Wildman–Crippen MR) is 131 cm³/mol. The number of benzene rings is 3. The molecule has 36 heavy (non-hydrogen) atoms. The maximum atomic E-state index is 15.0. The Bertz CT molecular complexity index is 1280. The summed E-state index contributed by atoms with van der Waals surface area (Å²) in [4.78, 5) is 2.54. The molecule has 2 bridgehead atoms. The molecule has 0 saturated heterocycles. The van der Waals surface area contributed by atoms with E-state index in [0.29, 0.717) is 17.7 Å². The summed E-state index contributed by atoms with van der Waals surface area (Å²) in [5.74, 6) is -7.44. The third-order valence-electron chi connectivity index (χ3n) is 7.22. The van der Waals surface area contributed by atoms with Crippen LogP contribution in [0.2, 0.25) is 0 Å². The van der Waals surface area contributed by atoms with E-state index in [1.165, 1.54) is 18.2 Å². The van der Waals surface area contributed by atoms with Crippen LogP contribution in [0.3, 0.4) is 0 Å². The van der Waals surface area contributed by atoms with Gasteiger partial charge in [-0.2, -0.15) is 36.9 Å². The van der Waals surface area contributed by atoms with Gasteiger partial charge in [-0.25, -0.2) is 0 Å².